The second-order valence-electron chi connectivity index (χ2n) is 6.65. The Morgan fingerprint density at radius 2 is 2.05 bits per heavy atom. The lowest BCUT2D eigenvalue weighted by molar-refractivity contribution is 0.287. The van der Waals surface area contributed by atoms with E-state index >= 15 is 0 Å². The van der Waals surface area contributed by atoms with E-state index < -0.39 is 0 Å². The summed E-state index contributed by atoms with van der Waals surface area (Å²) < 4.78 is 5.89. The van der Waals surface area contributed by atoms with Crippen molar-refractivity contribution in [1.82, 2.24) is 10.2 Å². The van der Waals surface area contributed by atoms with Crippen molar-refractivity contribution in [2.45, 2.75) is 52.9 Å². The largest absolute Gasteiger partial charge is 0.465 e. The van der Waals surface area contributed by atoms with Gasteiger partial charge in [0, 0.05) is 29.1 Å². The lowest BCUT2D eigenvalue weighted by atomic mass is 10.1. The molecule has 0 spiro atoms. The van der Waals surface area contributed by atoms with Crippen LogP contribution in [0.4, 0.5) is 0 Å². The molecular formula is C17H26N2OS. The molecule has 0 saturated carbocycles. The molecular weight excluding hydrogens is 280 g/mol. The van der Waals surface area contributed by atoms with Gasteiger partial charge in [-0.1, -0.05) is 6.07 Å². The van der Waals surface area contributed by atoms with E-state index in [0.29, 0.717) is 0 Å². The lowest BCUT2D eigenvalue weighted by Crippen LogP contribution is -2.35. The third-order valence-corrected chi connectivity index (χ3v) is 4.17. The Bertz CT molecular complexity index is 552. The molecule has 0 fully saturated rings. The van der Waals surface area contributed by atoms with Gasteiger partial charge in [-0.25, -0.2) is 0 Å². The van der Waals surface area contributed by atoms with Crippen LogP contribution < -0.4 is 5.32 Å². The average molecular weight is 306 g/mol. The van der Waals surface area contributed by atoms with Gasteiger partial charge < -0.3 is 9.73 Å². The first-order valence-electron chi connectivity index (χ1n) is 7.37. The van der Waals surface area contributed by atoms with Gasteiger partial charge in [-0.3, -0.25) is 4.90 Å². The van der Waals surface area contributed by atoms with Crippen LogP contribution in [0, 0.1) is 6.92 Å². The first kappa shape index (κ1) is 16.3. The van der Waals surface area contributed by atoms with E-state index in [4.69, 9.17) is 4.42 Å². The molecule has 0 aliphatic heterocycles. The predicted octanol–water partition coefficient (Wildman–Crippen LogP) is 4.17. The molecule has 4 heteroatoms. The minimum Gasteiger partial charge on any atom is -0.465 e. The van der Waals surface area contributed by atoms with Crippen molar-refractivity contribution >= 4 is 11.3 Å². The zero-order valence-corrected chi connectivity index (χ0v) is 14.5. The van der Waals surface area contributed by atoms with Crippen molar-refractivity contribution in [2.24, 2.45) is 0 Å². The van der Waals surface area contributed by atoms with E-state index in [0.717, 1.165) is 31.2 Å². The van der Waals surface area contributed by atoms with E-state index in [1.165, 1.54) is 10.4 Å². The normalized spacial score (nSPS) is 12.3. The van der Waals surface area contributed by atoms with E-state index in [1.807, 2.05) is 6.92 Å². The maximum Gasteiger partial charge on any atom is 0.118 e. The molecule has 21 heavy (non-hydrogen) atoms. The van der Waals surface area contributed by atoms with Gasteiger partial charge in [-0.15, -0.1) is 11.3 Å². The molecule has 0 aliphatic rings. The highest BCUT2D eigenvalue weighted by Crippen LogP contribution is 2.18. The molecule has 1 N–H and O–H groups in total. The van der Waals surface area contributed by atoms with Crippen LogP contribution in [0.15, 0.2) is 28.0 Å². The summed E-state index contributed by atoms with van der Waals surface area (Å²) in [5.41, 5.74) is 1.38. The van der Waals surface area contributed by atoms with Crippen molar-refractivity contribution < 1.29 is 4.42 Å². The van der Waals surface area contributed by atoms with Crippen LogP contribution in [0.1, 0.15) is 42.7 Å². The Kier molecular flexibility index (Phi) is 5.25. The molecule has 2 rings (SSSR count). The molecule has 0 radical (unpaired) electrons. The maximum atomic E-state index is 5.89. The summed E-state index contributed by atoms with van der Waals surface area (Å²) in [6, 6.07) is 6.45. The van der Waals surface area contributed by atoms with Gasteiger partial charge in [0.05, 0.1) is 6.54 Å². The van der Waals surface area contributed by atoms with Crippen LogP contribution in [0.2, 0.25) is 0 Å². The van der Waals surface area contributed by atoms with Gasteiger partial charge in [-0.05, 0) is 52.3 Å². The molecule has 2 aromatic rings. The summed E-state index contributed by atoms with van der Waals surface area (Å²) >= 11 is 1.80. The number of nitrogens with one attached hydrogen (secondary N) is 1. The van der Waals surface area contributed by atoms with Crippen LogP contribution in [-0.2, 0) is 19.6 Å². The van der Waals surface area contributed by atoms with Gasteiger partial charge in [-0.2, -0.15) is 0 Å². The fourth-order valence-corrected chi connectivity index (χ4v) is 2.98. The number of aryl methyl sites for hydroxylation is 1. The second-order valence-corrected chi connectivity index (χ2v) is 7.68. The van der Waals surface area contributed by atoms with Crippen LogP contribution in [-0.4, -0.2) is 17.5 Å². The molecule has 0 amide bonds. The van der Waals surface area contributed by atoms with Crippen molar-refractivity contribution in [3.05, 3.63) is 45.5 Å². The summed E-state index contributed by atoms with van der Waals surface area (Å²) in [5.74, 6) is 2.06. The molecule has 116 valence electrons. The van der Waals surface area contributed by atoms with Crippen LogP contribution >= 0.6 is 11.3 Å². The third-order valence-electron chi connectivity index (χ3n) is 3.31. The Morgan fingerprint density at radius 3 is 2.67 bits per heavy atom. The van der Waals surface area contributed by atoms with Crippen molar-refractivity contribution in [3.8, 4) is 0 Å². The molecule has 2 heterocycles. The fraction of sp³-hybridized carbons (Fsp3) is 0.529. The molecule has 0 atom stereocenters. The third kappa shape index (κ3) is 5.30. The second kappa shape index (κ2) is 6.77. The average Bonchev–Trinajstić information content (AvgIpc) is 2.96. The standard InChI is InChI=1S/C17H26N2OS/c1-13-14(10-18-17(2,3)4)9-15(20-13)11-19(5)12-16-7-6-8-21-16/h6-9,18H,10-12H2,1-5H3. The highest BCUT2D eigenvalue weighted by Gasteiger charge is 2.13. The van der Waals surface area contributed by atoms with E-state index in [9.17, 15) is 0 Å². The molecule has 0 aromatic carbocycles. The van der Waals surface area contributed by atoms with Crippen molar-refractivity contribution in [1.29, 1.82) is 0 Å². The number of rotatable bonds is 6. The number of nitrogens with zero attached hydrogens (tertiary/aromatic N) is 1. The summed E-state index contributed by atoms with van der Waals surface area (Å²) in [6.07, 6.45) is 0. The number of hydrogen-bond acceptors (Lipinski definition) is 4. The van der Waals surface area contributed by atoms with Crippen LogP contribution in [0.25, 0.3) is 0 Å². The van der Waals surface area contributed by atoms with Crippen molar-refractivity contribution in [2.75, 3.05) is 7.05 Å². The van der Waals surface area contributed by atoms with Gasteiger partial charge in [0.25, 0.3) is 0 Å². The van der Waals surface area contributed by atoms with Crippen LogP contribution in [0.5, 0.6) is 0 Å². The maximum absolute atomic E-state index is 5.89. The number of furan rings is 1. The molecule has 0 saturated heterocycles. The van der Waals surface area contributed by atoms with Gasteiger partial charge in [0.1, 0.15) is 11.5 Å². The molecule has 0 aliphatic carbocycles. The van der Waals surface area contributed by atoms with Crippen molar-refractivity contribution in [3.63, 3.8) is 0 Å². The predicted molar refractivity (Wildman–Crippen MR) is 89.5 cm³/mol. The first-order chi connectivity index (χ1) is 9.83. The fourth-order valence-electron chi connectivity index (χ4n) is 2.19. The van der Waals surface area contributed by atoms with Gasteiger partial charge >= 0.3 is 0 Å². The number of thiophene rings is 1. The Hall–Kier alpha value is -1.10. The smallest absolute Gasteiger partial charge is 0.118 e. The summed E-state index contributed by atoms with van der Waals surface area (Å²) in [6.45, 7) is 11.2. The zero-order chi connectivity index (χ0) is 15.5. The van der Waals surface area contributed by atoms with E-state index in [1.54, 1.807) is 11.3 Å². The molecule has 0 bridgehead atoms. The SMILES string of the molecule is Cc1oc(CN(C)Cc2cccs2)cc1CNC(C)(C)C. The summed E-state index contributed by atoms with van der Waals surface area (Å²) in [7, 11) is 2.13. The monoisotopic (exact) mass is 306 g/mol. The van der Waals surface area contributed by atoms with E-state index in [-0.39, 0.29) is 5.54 Å². The topological polar surface area (TPSA) is 28.4 Å². The quantitative estimate of drug-likeness (QED) is 0.868. The zero-order valence-electron chi connectivity index (χ0n) is 13.7. The molecule has 2 aromatic heterocycles. The van der Waals surface area contributed by atoms with Gasteiger partial charge in [0.15, 0.2) is 0 Å². The summed E-state index contributed by atoms with van der Waals surface area (Å²) in [5, 5.41) is 5.63. The Labute approximate surface area is 132 Å². The van der Waals surface area contributed by atoms with Gasteiger partial charge in [0.2, 0.25) is 0 Å². The molecule has 3 nitrogen and oxygen atoms in total. The minimum absolute atomic E-state index is 0.125. The lowest BCUT2D eigenvalue weighted by Gasteiger charge is -2.20. The summed E-state index contributed by atoms with van der Waals surface area (Å²) in [4.78, 5) is 3.67. The highest BCUT2D eigenvalue weighted by atomic mass is 32.1. The minimum atomic E-state index is 0.125. The first-order valence-corrected chi connectivity index (χ1v) is 8.25. The Balaban J connectivity index is 1.92. The highest BCUT2D eigenvalue weighted by molar-refractivity contribution is 7.09. The van der Waals surface area contributed by atoms with E-state index in [2.05, 4.69) is 61.6 Å². The number of hydrogen-bond donors (Lipinski definition) is 1. The van der Waals surface area contributed by atoms with Crippen LogP contribution in [0.3, 0.4) is 0 Å². The Morgan fingerprint density at radius 1 is 1.29 bits per heavy atom. The molecule has 0 unspecified atom stereocenters.